The van der Waals surface area contributed by atoms with Crippen molar-refractivity contribution in [2.75, 3.05) is 11.1 Å². The number of carboxylic acid groups (broad SMARTS) is 1. The number of aryl methyl sites for hydroxylation is 1. The summed E-state index contributed by atoms with van der Waals surface area (Å²) in [4.78, 5) is 11.3. The first-order chi connectivity index (χ1) is 9.11. The molecular formula is C15H21NO2S. The number of hydrogen-bond acceptors (Lipinski definition) is 3. The Bertz CT molecular complexity index is 461. The molecule has 2 N–H and O–H groups in total. The molecule has 1 aromatic rings. The lowest BCUT2D eigenvalue weighted by Crippen LogP contribution is -2.27. The van der Waals surface area contributed by atoms with E-state index in [-0.39, 0.29) is 0 Å². The van der Waals surface area contributed by atoms with Gasteiger partial charge in [0.25, 0.3) is 0 Å². The second-order valence-electron chi connectivity index (χ2n) is 5.03. The van der Waals surface area contributed by atoms with Gasteiger partial charge in [0.1, 0.15) is 0 Å². The zero-order valence-corrected chi connectivity index (χ0v) is 12.3. The summed E-state index contributed by atoms with van der Waals surface area (Å²) in [5.74, 6) is 0.256. The summed E-state index contributed by atoms with van der Waals surface area (Å²) in [6, 6.07) is 5.99. The van der Waals surface area contributed by atoms with Gasteiger partial charge < -0.3 is 10.4 Å². The highest BCUT2D eigenvalue weighted by Gasteiger charge is 2.27. The van der Waals surface area contributed by atoms with Crippen molar-refractivity contribution < 1.29 is 9.90 Å². The van der Waals surface area contributed by atoms with Gasteiger partial charge in [-0.05, 0) is 37.7 Å². The fraction of sp³-hybridized carbons (Fsp3) is 0.533. The zero-order chi connectivity index (χ0) is 13.8. The number of benzene rings is 1. The van der Waals surface area contributed by atoms with E-state index in [1.807, 2.05) is 30.8 Å². The molecule has 0 radical (unpaired) electrons. The summed E-state index contributed by atoms with van der Waals surface area (Å²) in [6.45, 7) is 4.09. The van der Waals surface area contributed by atoms with Crippen LogP contribution in [0.15, 0.2) is 18.2 Å². The minimum absolute atomic E-state index is 0.382. The van der Waals surface area contributed by atoms with Crippen LogP contribution in [-0.4, -0.2) is 28.1 Å². The standard InChI is InChI=1S/C15H21NO2S/c1-3-19-14-6-4-5-13(14)16-12-8-7-10(2)9-11(12)15(17)18/h7-9,13-14,16H,3-6H2,1-2H3,(H,17,18). The van der Waals surface area contributed by atoms with Gasteiger partial charge in [-0.1, -0.05) is 25.0 Å². The molecule has 1 saturated carbocycles. The lowest BCUT2D eigenvalue weighted by atomic mass is 10.1. The van der Waals surface area contributed by atoms with Crippen molar-refractivity contribution in [3.8, 4) is 0 Å². The Labute approximate surface area is 118 Å². The van der Waals surface area contributed by atoms with Crippen LogP contribution in [0.5, 0.6) is 0 Å². The Balaban J connectivity index is 2.16. The average molecular weight is 279 g/mol. The highest BCUT2D eigenvalue weighted by molar-refractivity contribution is 7.99. The predicted octanol–water partition coefficient (Wildman–Crippen LogP) is 3.78. The Hall–Kier alpha value is -1.16. The number of aromatic carboxylic acids is 1. The van der Waals surface area contributed by atoms with Gasteiger partial charge >= 0.3 is 5.97 Å². The van der Waals surface area contributed by atoms with Crippen molar-refractivity contribution in [2.24, 2.45) is 0 Å². The van der Waals surface area contributed by atoms with Crippen LogP contribution >= 0.6 is 11.8 Å². The number of hydrogen-bond donors (Lipinski definition) is 2. The molecule has 0 aliphatic heterocycles. The third kappa shape index (κ3) is 3.44. The van der Waals surface area contributed by atoms with Gasteiger partial charge in [-0.25, -0.2) is 4.79 Å². The molecule has 1 aromatic carbocycles. The molecule has 104 valence electrons. The summed E-state index contributed by atoms with van der Waals surface area (Å²) in [5, 5.41) is 13.3. The largest absolute Gasteiger partial charge is 0.478 e. The highest BCUT2D eigenvalue weighted by atomic mass is 32.2. The number of thioether (sulfide) groups is 1. The van der Waals surface area contributed by atoms with Crippen molar-refractivity contribution in [1.82, 2.24) is 0 Å². The van der Waals surface area contributed by atoms with E-state index in [2.05, 4.69) is 12.2 Å². The molecule has 0 amide bonds. The van der Waals surface area contributed by atoms with Crippen molar-refractivity contribution in [1.29, 1.82) is 0 Å². The molecule has 0 bridgehead atoms. The molecule has 0 aromatic heterocycles. The molecule has 0 saturated heterocycles. The number of rotatable bonds is 5. The molecule has 1 aliphatic carbocycles. The van der Waals surface area contributed by atoms with Crippen LogP contribution in [0.3, 0.4) is 0 Å². The van der Waals surface area contributed by atoms with Gasteiger partial charge in [-0.15, -0.1) is 0 Å². The molecule has 2 unspecified atom stereocenters. The number of nitrogens with one attached hydrogen (secondary N) is 1. The predicted molar refractivity (Wildman–Crippen MR) is 81.3 cm³/mol. The first kappa shape index (κ1) is 14.3. The number of carboxylic acids is 1. The quantitative estimate of drug-likeness (QED) is 0.861. The van der Waals surface area contributed by atoms with E-state index in [0.29, 0.717) is 16.9 Å². The van der Waals surface area contributed by atoms with E-state index < -0.39 is 5.97 Å². The fourth-order valence-electron chi connectivity index (χ4n) is 2.67. The van der Waals surface area contributed by atoms with Crippen molar-refractivity contribution in [3.05, 3.63) is 29.3 Å². The third-order valence-electron chi connectivity index (χ3n) is 3.58. The first-order valence-electron chi connectivity index (χ1n) is 6.84. The normalized spacial score (nSPS) is 22.4. The molecule has 1 aliphatic rings. The van der Waals surface area contributed by atoms with E-state index in [0.717, 1.165) is 23.4 Å². The van der Waals surface area contributed by atoms with E-state index >= 15 is 0 Å². The molecule has 1 fully saturated rings. The molecule has 0 spiro atoms. The summed E-state index contributed by atoms with van der Waals surface area (Å²) in [7, 11) is 0. The van der Waals surface area contributed by atoms with Crippen LogP contribution in [0.2, 0.25) is 0 Å². The SMILES string of the molecule is CCSC1CCCC1Nc1ccc(C)cc1C(=O)O. The van der Waals surface area contributed by atoms with Crippen molar-refractivity contribution in [3.63, 3.8) is 0 Å². The van der Waals surface area contributed by atoms with E-state index in [9.17, 15) is 9.90 Å². The smallest absolute Gasteiger partial charge is 0.337 e. The third-order valence-corrected chi connectivity index (χ3v) is 4.91. The maximum absolute atomic E-state index is 11.3. The summed E-state index contributed by atoms with van der Waals surface area (Å²) in [5.41, 5.74) is 2.12. The van der Waals surface area contributed by atoms with Gasteiger partial charge in [-0.2, -0.15) is 11.8 Å². The molecule has 2 rings (SSSR count). The van der Waals surface area contributed by atoms with Crippen LogP contribution in [0.1, 0.15) is 42.1 Å². The molecule has 3 nitrogen and oxygen atoms in total. The van der Waals surface area contributed by atoms with Crippen molar-refractivity contribution in [2.45, 2.75) is 44.4 Å². The van der Waals surface area contributed by atoms with Gasteiger partial charge in [0.05, 0.1) is 5.56 Å². The minimum Gasteiger partial charge on any atom is -0.478 e. The van der Waals surface area contributed by atoms with Gasteiger partial charge in [0.15, 0.2) is 0 Å². The minimum atomic E-state index is -0.858. The van der Waals surface area contributed by atoms with Crippen LogP contribution < -0.4 is 5.32 Å². The highest BCUT2D eigenvalue weighted by Crippen LogP contribution is 2.33. The molecular weight excluding hydrogens is 258 g/mol. The summed E-state index contributed by atoms with van der Waals surface area (Å²) >= 11 is 1.97. The topological polar surface area (TPSA) is 49.3 Å². The van der Waals surface area contributed by atoms with Crippen LogP contribution in [0.4, 0.5) is 5.69 Å². The summed E-state index contributed by atoms with van der Waals surface area (Å²) in [6.07, 6.45) is 3.58. The Morgan fingerprint density at radius 1 is 1.47 bits per heavy atom. The maximum atomic E-state index is 11.3. The van der Waals surface area contributed by atoms with Crippen LogP contribution in [-0.2, 0) is 0 Å². The monoisotopic (exact) mass is 279 g/mol. The van der Waals surface area contributed by atoms with Crippen molar-refractivity contribution >= 4 is 23.4 Å². The van der Waals surface area contributed by atoms with Gasteiger partial charge in [-0.3, -0.25) is 0 Å². The number of anilines is 1. The Kier molecular flexibility index (Phi) is 4.75. The second kappa shape index (κ2) is 6.33. The van der Waals surface area contributed by atoms with E-state index in [4.69, 9.17) is 0 Å². The lowest BCUT2D eigenvalue weighted by molar-refractivity contribution is 0.0698. The Morgan fingerprint density at radius 3 is 2.95 bits per heavy atom. The number of carbonyl (C=O) groups is 1. The molecule has 2 atom stereocenters. The van der Waals surface area contributed by atoms with Crippen LogP contribution in [0, 0.1) is 6.92 Å². The first-order valence-corrected chi connectivity index (χ1v) is 7.88. The van der Waals surface area contributed by atoms with Gasteiger partial charge in [0, 0.05) is 17.0 Å². The van der Waals surface area contributed by atoms with Gasteiger partial charge in [0.2, 0.25) is 0 Å². The molecule has 0 heterocycles. The zero-order valence-electron chi connectivity index (χ0n) is 11.5. The second-order valence-corrected chi connectivity index (χ2v) is 6.55. The molecule has 4 heteroatoms. The maximum Gasteiger partial charge on any atom is 0.337 e. The van der Waals surface area contributed by atoms with E-state index in [1.165, 1.54) is 12.8 Å². The molecule has 19 heavy (non-hydrogen) atoms. The van der Waals surface area contributed by atoms with E-state index in [1.54, 1.807) is 6.07 Å². The fourth-order valence-corrected chi connectivity index (χ4v) is 3.86. The average Bonchev–Trinajstić information content (AvgIpc) is 2.79. The summed E-state index contributed by atoms with van der Waals surface area (Å²) < 4.78 is 0. The van der Waals surface area contributed by atoms with Crippen LogP contribution in [0.25, 0.3) is 0 Å². The lowest BCUT2D eigenvalue weighted by Gasteiger charge is -2.22. The Morgan fingerprint density at radius 2 is 2.26 bits per heavy atom.